The topological polar surface area (TPSA) is 63.5 Å². The van der Waals surface area contributed by atoms with Crippen LogP contribution in [0.4, 0.5) is 5.69 Å². The largest absolute Gasteiger partial charge is 0.748 e. The van der Waals surface area contributed by atoms with Crippen molar-refractivity contribution in [2.75, 3.05) is 38.3 Å². The van der Waals surface area contributed by atoms with Crippen LogP contribution in [-0.4, -0.2) is 64.8 Å². The van der Waals surface area contributed by atoms with Gasteiger partial charge in [-0.15, -0.1) is 0 Å². The second kappa shape index (κ2) is 9.37. The Hall–Kier alpha value is -2.74. The van der Waals surface area contributed by atoms with E-state index in [1.807, 2.05) is 7.05 Å². The van der Waals surface area contributed by atoms with Gasteiger partial charge in [-0.3, -0.25) is 0 Å². The fraction of sp³-hybridized carbons (Fsp3) is 0.321. The highest BCUT2D eigenvalue weighted by Gasteiger charge is 2.40. The number of rotatable bonds is 6. The summed E-state index contributed by atoms with van der Waals surface area (Å²) in [7, 11) is -0.144. The molecule has 0 bridgehead atoms. The standard InChI is InChI=1S/C28H34N2O3SSi/c1-20-10-7-8-11-23(20)28-24-14-12-21(29(2)3)18-26(24)35(5,6)27-19-22(13-15-25(27)28)30(4)16-9-17-34(31,32)33/h7-8,10-15,18-19H,9,16-17H2,1-6H3. The van der Waals surface area contributed by atoms with E-state index in [1.165, 1.54) is 43.9 Å². The Balaban J connectivity index is 1.88. The van der Waals surface area contributed by atoms with Crippen LogP contribution in [0.2, 0.25) is 13.1 Å². The average Bonchev–Trinajstić information content (AvgIpc) is 2.79. The molecular weight excluding hydrogens is 472 g/mol. The Morgan fingerprint density at radius 2 is 1.74 bits per heavy atom. The first-order chi connectivity index (χ1) is 16.4. The molecule has 0 spiro atoms. The van der Waals surface area contributed by atoms with Crippen molar-refractivity contribution in [1.82, 2.24) is 0 Å². The molecule has 0 aromatic heterocycles. The van der Waals surface area contributed by atoms with Crippen LogP contribution in [0.15, 0.2) is 71.5 Å². The van der Waals surface area contributed by atoms with Gasteiger partial charge in [-0.2, -0.15) is 0 Å². The van der Waals surface area contributed by atoms with E-state index in [-0.39, 0.29) is 5.75 Å². The third-order valence-electron chi connectivity index (χ3n) is 7.15. The summed E-state index contributed by atoms with van der Waals surface area (Å²) in [5.41, 5.74) is 8.61. The Kier molecular flexibility index (Phi) is 6.79. The first-order valence-electron chi connectivity index (χ1n) is 11.9. The molecule has 184 valence electrons. The third kappa shape index (κ3) is 4.99. The molecular formula is C28H34N2O3SSi. The molecule has 0 atom stereocenters. The van der Waals surface area contributed by atoms with Gasteiger partial charge in [0.05, 0.1) is 10.1 Å². The molecule has 2 aromatic carbocycles. The van der Waals surface area contributed by atoms with E-state index in [1.54, 1.807) is 0 Å². The van der Waals surface area contributed by atoms with Crippen LogP contribution in [-0.2, 0) is 10.1 Å². The summed E-state index contributed by atoms with van der Waals surface area (Å²) in [6.45, 7) is 7.50. The van der Waals surface area contributed by atoms with E-state index in [2.05, 4.69) is 104 Å². The zero-order valence-electron chi connectivity index (χ0n) is 21.4. The molecule has 2 aliphatic rings. The molecule has 0 radical (unpaired) electrons. The van der Waals surface area contributed by atoms with Crippen LogP contribution in [0.25, 0.3) is 5.57 Å². The van der Waals surface area contributed by atoms with E-state index in [0.717, 1.165) is 5.69 Å². The maximum absolute atomic E-state index is 11.0. The van der Waals surface area contributed by atoms with Crippen LogP contribution in [0.3, 0.4) is 0 Å². The molecule has 5 nitrogen and oxygen atoms in total. The SMILES string of the molecule is Cc1ccccc1C1=C2C=CC(=[N+](C)C)C=C2[Si](C)(C)c2cc(N(C)CCCS(=O)(=O)[O-])ccc21. The lowest BCUT2D eigenvalue weighted by atomic mass is 9.87. The normalized spacial score (nSPS) is 16.5. The number of hydrogen-bond acceptors (Lipinski definition) is 4. The molecule has 7 heteroatoms. The molecule has 2 aromatic rings. The first-order valence-corrected chi connectivity index (χ1v) is 16.5. The summed E-state index contributed by atoms with van der Waals surface area (Å²) in [6, 6.07) is 15.2. The summed E-state index contributed by atoms with van der Waals surface area (Å²) in [6.07, 6.45) is 7.17. The fourth-order valence-electron chi connectivity index (χ4n) is 5.09. The smallest absolute Gasteiger partial charge is 0.199 e. The fourth-order valence-corrected chi connectivity index (χ4v) is 8.65. The van der Waals surface area contributed by atoms with Crippen molar-refractivity contribution in [2.45, 2.75) is 26.4 Å². The van der Waals surface area contributed by atoms with Crippen molar-refractivity contribution in [3.8, 4) is 0 Å². The van der Waals surface area contributed by atoms with Crippen LogP contribution in [0.1, 0.15) is 23.1 Å². The van der Waals surface area contributed by atoms with Gasteiger partial charge >= 0.3 is 0 Å². The highest BCUT2D eigenvalue weighted by Crippen LogP contribution is 2.42. The van der Waals surface area contributed by atoms with Gasteiger partial charge in [0, 0.05) is 37.2 Å². The van der Waals surface area contributed by atoms with Crippen LogP contribution in [0.5, 0.6) is 0 Å². The van der Waals surface area contributed by atoms with Gasteiger partial charge in [-0.25, -0.2) is 13.0 Å². The van der Waals surface area contributed by atoms with Crippen LogP contribution in [0, 0.1) is 6.92 Å². The third-order valence-corrected chi connectivity index (χ3v) is 11.5. The minimum absolute atomic E-state index is 0.315. The monoisotopic (exact) mass is 506 g/mol. The van der Waals surface area contributed by atoms with Crippen molar-refractivity contribution in [2.24, 2.45) is 0 Å². The summed E-state index contributed by atoms with van der Waals surface area (Å²) in [4.78, 5) is 2.05. The molecule has 0 saturated carbocycles. The Morgan fingerprint density at radius 1 is 1.03 bits per heavy atom. The second-order valence-electron chi connectivity index (χ2n) is 10.2. The predicted octanol–water partition coefficient (Wildman–Crippen LogP) is 3.85. The van der Waals surface area contributed by atoms with E-state index in [9.17, 15) is 13.0 Å². The van der Waals surface area contributed by atoms with Gasteiger partial charge in [0.1, 0.15) is 22.2 Å². The van der Waals surface area contributed by atoms with Crippen LogP contribution < -0.4 is 10.1 Å². The van der Waals surface area contributed by atoms with Crippen LogP contribution >= 0.6 is 0 Å². The molecule has 35 heavy (non-hydrogen) atoms. The summed E-state index contributed by atoms with van der Waals surface area (Å²) in [5, 5.41) is 2.80. The van der Waals surface area contributed by atoms with Crippen molar-refractivity contribution >= 4 is 40.4 Å². The quantitative estimate of drug-likeness (QED) is 0.339. The molecule has 0 N–H and O–H groups in total. The maximum atomic E-state index is 11.0. The van der Waals surface area contributed by atoms with E-state index < -0.39 is 18.2 Å². The first kappa shape index (κ1) is 25.4. The molecule has 1 heterocycles. The molecule has 1 aliphatic heterocycles. The predicted molar refractivity (Wildman–Crippen MR) is 148 cm³/mol. The van der Waals surface area contributed by atoms with E-state index >= 15 is 0 Å². The Bertz CT molecular complexity index is 1410. The summed E-state index contributed by atoms with van der Waals surface area (Å²) >= 11 is 0. The van der Waals surface area contributed by atoms with Gasteiger partial charge in [0.2, 0.25) is 0 Å². The summed E-state index contributed by atoms with van der Waals surface area (Å²) in [5.74, 6) is -0.339. The van der Waals surface area contributed by atoms with E-state index in [0.29, 0.717) is 13.0 Å². The number of hydrogen-bond donors (Lipinski definition) is 0. The second-order valence-corrected chi connectivity index (χ2v) is 16.1. The Labute approximate surface area is 210 Å². The summed E-state index contributed by atoms with van der Waals surface area (Å²) < 4.78 is 35.3. The maximum Gasteiger partial charge on any atom is 0.199 e. The minimum atomic E-state index is -4.20. The zero-order valence-corrected chi connectivity index (χ0v) is 23.2. The highest BCUT2D eigenvalue weighted by atomic mass is 32.2. The van der Waals surface area contributed by atoms with Gasteiger partial charge in [-0.05, 0) is 69.8 Å². The van der Waals surface area contributed by atoms with Gasteiger partial charge in [0.25, 0.3) is 0 Å². The van der Waals surface area contributed by atoms with Crippen molar-refractivity contribution in [3.63, 3.8) is 0 Å². The number of anilines is 1. The van der Waals surface area contributed by atoms with Crippen molar-refractivity contribution in [1.29, 1.82) is 0 Å². The lowest BCUT2D eigenvalue weighted by molar-refractivity contribution is -0.462. The molecule has 4 rings (SSSR count). The molecule has 0 saturated heterocycles. The number of fused-ring (bicyclic) bond motifs is 2. The van der Waals surface area contributed by atoms with Gasteiger partial charge in [0.15, 0.2) is 5.71 Å². The molecule has 0 amide bonds. The van der Waals surface area contributed by atoms with Gasteiger partial charge in [-0.1, -0.05) is 43.4 Å². The number of allylic oxidation sites excluding steroid dienone is 5. The number of aryl methyl sites for hydroxylation is 1. The van der Waals surface area contributed by atoms with Gasteiger partial charge < -0.3 is 9.45 Å². The number of nitrogens with zero attached hydrogens (tertiary/aromatic N) is 2. The lowest BCUT2D eigenvalue weighted by Crippen LogP contribution is -2.49. The minimum Gasteiger partial charge on any atom is -0.748 e. The molecule has 1 aliphatic carbocycles. The zero-order chi connectivity index (χ0) is 25.5. The Morgan fingerprint density at radius 3 is 2.40 bits per heavy atom. The number of benzene rings is 2. The average molecular weight is 507 g/mol. The van der Waals surface area contributed by atoms with Crippen molar-refractivity contribution in [3.05, 3.63) is 88.2 Å². The molecule has 0 fully saturated rings. The van der Waals surface area contributed by atoms with E-state index in [4.69, 9.17) is 0 Å². The highest BCUT2D eigenvalue weighted by molar-refractivity contribution is 7.85. The van der Waals surface area contributed by atoms with Crippen molar-refractivity contribution < 1.29 is 17.5 Å². The molecule has 0 unspecified atom stereocenters. The lowest BCUT2D eigenvalue weighted by Gasteiger charge is -2.38.